The first-order chi connectivity index (χ1) is 16.4. The number of hydrogen-bond acceptors (Lipinski definition) is 5. The van der Waals surface area contributed by atoms with Crippen LogP contribution < -0.4 is 10.2 Å². The van der Waals surface area contributed by atoms with Crippen LogP contribution in [0, 0.1) is 5.82 Å². The van der Waals surface area contributed by atoms with Crippen molar-refractivity contribution in [2.24, 2.45) is 0 Å². The third kappa shape index (κ3) is 5.80. The Balaban J connectivity index is 1.50. The molecule has 4 rings (SSSR count). The molecule has 0 radical (unpaired) electrons. The minimum absolute atomic E-state index is 0.0686. The molecule has 178 valence electrons. The van der Waals surface area contributed by atoms with Gasteiger partial charge in [0, 0.05) is 31.0 Å². The number of amides is 1. The third-order valence-electron chi connectivity index (χ3n) is 5.50. The summed E-state index contributed by atoms with van der Waals surface area (Å²) in [5.41, 5.74) is 2.25. The van der Waals surface area contributed by atoms with E-state index >= 15 is 0 Å². The van der Waals surface area contributed by atoms with Crippen molar-refractivity contribution < 1.29 is 22.3 Å². The Kier molecular flexibility index (Phi) is 7.56. The van der Waals surface area contributed by atoms with Gasteiger partial charge in [0.25, 0.3) is 0 Å². The summed E-state index contributed by atoms with van der Waals surface area (Å²) in [7, 11) is -4.26. The molecule has 9 heteroatoms. The van der Waals surface area contributed by atoms with E-state index in [1.165, 1.54) is 18.2 Å². The molecule has 1 saturated heterocycles. The molecule has 0 unspecified atom stereocenters. The molecule has 1 aliphatic heterocycles. The highest BCUT2D eigenvalue weighted by Gasteiger charge is 2.29. The summed E-state index contributed by atoms with van der Waals surface area (Å²) in [6.45, 7) is 2.41. The second-order valence-electron chi connectivity index (χ2n) is 7.88. The van der Waals surface area contributed by atoms with Crippen molar-refractivity contribution in [1.29, 1.82) is 0 Å². The molecule has 1 aliphatic rings. The maximum atomic E-state index is 14.3. The summed E-state index contributed by atoms with van der Waals surface area (Å²) in [5, 5.41) is 2.74. The molecule has 34 heavy (non-hydrogen) atoms. The first-order valence-electron chi connectivity index (χ1n) is 10.9. The smallest absolute Gasteiger partial charge is 0.246 e. The molecule has 3 aromatic carbocycles. The van der Waals surface area contributed by atoms with E-state index in [1.54, 1.807) is 36.4 Å². The zero-order valence-corrected chi connectivity index (χ0v) is 19.4. The highest BCUT2D eigenvalue weighted by Crippen LogP contribution is 2.22. The molecular weight excluding hydrogens is 457 g/mol. The average molecular weight is 484 g/mol. The molecule has 3 aromatic rings. The first kappa shape index (κ1) is 23.9. The molecule has 0 aromatic heterocycles. The van der Waals surface area contributed by atoms with Crippen LogP contribution in [0.3, 0.4) is 0 Å². The zero-order chi connectivity index (χ0) is 24.0. The van der Waals surface area contributed by atoms with Gasteiger partial charge < -0.3 is 15.0 Å². The van der Waals surface area contributed by atoms with Gasteiger partial charge in [0.05, 0.1) is 19.8 Å². The maximum absolute atomic E-state index is 14.3. The number of nitrogens with zero attached hydrogens (tertiary/aromatic N) is 2. The number of nitrogens with one attached hydrogen (secondary N) is 1. The number of rotatable bonds is 8. The molecule has 0 saturated carbocycles. The van der Waals surface area contributed by atoms with Crippen LogP contribution in [0.25, 0.3) is 0 Å². The van der Waals surface area contributed by atoms with E-state index in [9.17, 15) is 17.6 Å². The van der Waals surface area contributed by atoms with Crippen LogP contribution in [0.5, 0.6) is 0 Å². The van der Waals surface area contributed by atoms with Crippen molar-refractivity contribution in [3.63, 3.8) is 0 Å². The molecule has 1 N–H and O–H groups in total. The molecule has 0 aliphatic carbocycles. The average Bonchev–Trinajstić information content (AvgIpc) is 2.85. The summed E-state index contributed by atoms with van der Waals surface area (Å²) in [4.78, 5) is 14.6. The van der Waals surface area contributed by atoms with Gasteiger partial charge in [-0.1, -0.05) is 42.5 Å². The fourth-order valence-electron chi connectivity index (χ4n) is 3.74. The van der Waals surface area contributed by atoms with Gasteiger partial charge in [-0.25, -0.2) is 12.8 Å². The van der Waals surface area contributed by atoms with E-state index in [1.807, 2.05) is 18.2 Å². The van der Waals surface area contributed by atoms with E-state index < -0.39 is 33.2 Å². The normalized spacial score (nSPS) is 14.2. The number of anilines is 2. The Bertz CT molecular complexity index is 1210. The summed E-state index contributed by atoms with van der Waals surface area (Å²) in [5.74, 6) is -1.38. The minimum Gasteiger partial charge on any atom is -0.378 e. The predicted octanol–water partition coefficient (Wildman–Crippen LogP) is 3.49. The number of carbonyl (C=O) groups is 1. The highest BCUT2D eigenvalue weighted by molar-refractivity contribution is 7.89. The van der Waals surface area contributed by atoms with Crippen LogP contribution in [-0.2, 0) is 26.1 Å². The van der Waals surface area contributed by atoms with Gasteiger partial charge in [0.15, 0.2) is 0 Å². The van der Waals surface area contributed by atoms with Crippen LogP contribution in [0.15, 0.2) is 83.8 Å². The lowest BCUT2D eigenvalue weighted by Gasteiger charge is -2.29. The van der Waals surface area contributed by atoms with Gasteiger partial charge in [0.1, 0.15) is 10.7 Å². The van der Waals surface area contributed by atoms with E-state index in [2.05, 4.69) is 10.2 Å². The molecule has 0 spiro atoms. The van der Waals surface area contributed by atoms with Gasteiger partial charge in [-0.15, -0.1) is 0 Å². The number of ether oxygens (including phenoxy) is 1. The number of morpholine rings is 1. The number of sulfonamides is 1. The lowest BCUT2D eigenvalue weighted by Crippen LogP contribution is -2.38. The number of carbonyl (C=O) groups excluding carboxylic acids is 1. The summed E-state index contributed by atoms with van der Waals surface area (Å²) < 4.78 is 47.2. The Hall–Kier alpha value is -3.27. The van der Waals surface area contributed by atoms with Gasteiger partial charge in [-0.2, -0.15) is 4.31 Å². The van der Waals surface area contributed by atoms with Gasteiger partial charge in [-0.05, 0) is 42.0 Å². The molecule has 0 bridgehead atoms. The van der Waals surface area contributed by atoms with Crippen molar-refractivity contribution in [3.05, 3.63) is 90.2 Å². The molecule has 1 heterocycles. The highest BCUT2D eigenvalue weighted by atomic mass is 32.2. The predicted molar refractivity (Wildman–Crippen MR) is 129 cm³/mol. The van der Waals surface area contributed by atoms with Gasteiger partial charge in [-0.3, -0.25) is 4.79 Å². The largest absolute Gasteiger partial charge is 0.378 e. The molecule has 1 fully saturated rings. The third-order valence-corrected chi connectivity index (χ3v) is 7.33. The van der Waals surface area contributed by atoms with Crippen LogP contribution in [-0.4, -0.2) is 51.5 Å². The summed E-state index contributed by atoms with van der Waals surface area (Å²) in [6.07, 6.45) is 0. The summed E-state index contributed by atoms with van der Waals surface area (Å²) in [6, 6.07) is 21.4. The summed E-state index contributed by atoms with van der Waals surface area (Å²) >= 11 is 0. The standard InChI is InChI=1S/C25H26FN3O4S/c26-23-8-4-5-9-24(23)34(31,32)29(18-20-6-2-1-3-7-20)19-25(30)27-21-10-12-22(13-11-21)28-14-16-33-17-15-28/h1-13H,14-19H2,(H,27,30). The van der Waals surface area contributed by atoms with Crippen LogP contribution in [0.1, 0.15) is 5.56 Å². The second kappa shape index (κ2) is 10.8. The van der Waals surface area contributed by atoms with E-state index in [4.69, 9.17) is 4.74 Å². The Morgan fingerprint density at radius 3 is 2.26 bits per heavy atom. The Labute approximate surface area is 198 Å². The van der Waals surface area contributed by atoms with E-state index in [0.29, 0.717) is 24.5 Å². The molecule has 1 amide bonds. The van der Waals surface area contributed by atoms with Crippen molar-refractivity contribution >= 4 is 27.3 Å². The number of halogens is 1. The molecule has 0 atom stereocenters. The lowest BCUT2D eigenvalue weighted by molar-refractivity contribution is -0.116. The van der Waals surface area contributed by atoms with Crippen LogP contribution in [0.4, 0.5) is 15.8 Å². The maximum Gasteiger partial charge on any atom is 0.246 e. The SMILES string of the molecule is O=C(CN(Cc1ccccc1)S(=O)(=O)c1ccccc1F)Nc1ccc(N2CCOCC2)cc1. The zero-order valence-electron chi connectivity index (χ0n) is 18.6. The van der Waals surface area contributed by atoms with E-state index in [-0.39, 0.29) is 6.54 Å². The number of benzene rings is 3. The van der Waals surface area contributed by atoms with Crippen LogP contribution in [0.2, 0.25) is 0 Å². The molecular formula is C25H26FN3O4S. The monoisotopic (exact) mass is 483 g/mol. The minimum atomic E-state index is -4.26. The quantitative estimate of drug-likeness (QED) is 0.531. The molecule has 7 nitrogen and oxygen atoms in total. The Morgan fingerprint density at radius 1 is 0.941 bits per heavy atom. The van der Waals surface area contributed by atoms with Crippen molar-refractivity contribution in [2.45, 2.75) is 11.4 Å². The lowest BCUT2D eigenvalue weighted by atomic mass is 10.2. The number of hydrogen-bond donors (Lipinski definition) is 1. The fourth-order valence-corrected chi connectivity index (χ4v) is 5.19. The van der Waals surface area contributed by atoms with Crippen molar-refractivity contribution in [1.82, 2.24) is 4.31 Å². The Morgan fingerprint density at radius 2 is 1.59 bits per heavy atom. The topological polar surface area (TPSA) is 79.0 Å². The van der Waals surface area contributed by atoms with Crippen molar-refractivity contribution in [2.75, 3.05) is 43.1 Å². The van der Waals surface area contributed by atoms with E-state index in [0.717, 1.165) is 29.1 Å². The van der Waals surface area contributed by atoms with Gasteiger partial charge >= 0.3 is 0 Å². The first-order valence-corrected chi connectivity index (χ1v) is 12.4. The van der Waals surface area contributed by atoms with Crippen LogP contribution >= 0.6 is 0 Å². The fraction of sp³-hybridized carbons (Fsp3) is 0.240. The second-order valence-corrected chi connectivity index (χ2v) is 9.79. The van der Waals surface area contributed by atoms with Gasteiger partial charge in [0.2, 0.25) is 15.9 Å². The van der Waals surface area contributed by atoms with Crippen molar-refractivity contribution in [3.8, 4) is 0 Å².